The van der Waals surface area contributed by atoms with Crippen molar-refractivity contribution in [1.29, 1.82) is 0 Å². The maximum atomic E-state index is 11.5. The van der Waals surface area contributed by atoms with E-state index in [9.17, 15) is 8.42 Å². The summed E-state index contributed by atoms with van der Waals surface area (Å²) in [5, 5.41) is -0.169. The molecule has 0 aliphatic heterocycles. The summed E-state index contributed by atoms with van der Waals surface area (Å²) in [6, 6.07) is 0. The molecular formula is C9H20O2S. The summed E-state index contributed by atoms with van der Waals surface area (Å²) < 4.78 is 22.9. The first-order chi connectivity index (χ1) is 5.49. The summed E-state index contributed by atoms with van der Waals surface area (Å²) >= 11 is 0. The van der Waals surface area contributed by atoms with Crippen LogP contribution >= 0.6 is 0 Å². The SMILES string of the molecule is CCC(CC)C(C)S(=O)(=O)CC. The third kappa shape index (κ3) is 2.77. The normalized spacial score (nSPS) is 15.1. The van der Waals surface area contributed by atoms with Gasteiger partial charge in [-0.25, -0.2) is 8.42 Å². The number of hydrogen-bond acceptors (Lipinski definition) is 2. The van der Waals surface area contributed by atoms with Crippen molar-refractivity contribution in [2.75, 3.05) is 5.75 Å². The van der Waals surface area contributed by atoms with Gasteiger partial charge in [0.25, 0.3) is 0 Å². The van der Waals surface area contributed by atoms with E-state index in [1.54, 1.807) is 6.92 Å². The van der Waals surface area contributed by atoms with Crippen molar-refractivity contribution < 1.29 is 8.42 Å². The Morgan fingerprint density at radius 3 is 1.75 bits per heavy atom. The largest absolute Gasteiger partial charge is 0.229 e. The lowest BCUT2D eigenvalue weighted by molar-refractivity contribution is 0.463. The molecule has 0 heterocycles. The molecule has 0 aromatic heterocycles. The van der Waals surface area contributed by atoms with Crippen LogP contribution in [0.25, 0.3) is 0 Å². The van der Waals surface area contributed by atoms with Crippen molar-refractivity contribution in [2.24, 2.45) is 5.92 Å². The van der Waals surface area contributed by atoms with Gasteiger partial charge in [0.15, 0.2) is 9.84 Å². The molecule has 0 aliphatic rings. The van der Waals surface area contributed by atoms with Gasteiger partial charge in [-0.3, -0.25) is 0 Å². The standard InChI is InChI=1S/C9H20O2S/c1-5-9(6-2)8(4)12(10,11)7-3/h8-9H,5-7H2,1-4H3. The zero-order chi connectivity index (χ0) is 9.78. The Balaban J connectivity index is 4.46. The first kappa shape index (κ1) is 11.9. The molecule has 0 saturated heterocycles. The van der Waals surface area contributed by atoms with Crippen LogP contribution in [0.1, 0.15) is 40.5 Å². The minimum absolute atomic E-state index is 0.169. The topological polar surface area (TPSA) is 34.1 Å². The van der Waals surface area contributed by atoms with Crippen molar-refractivity contribution in [3.8, 4) is 0 Å². The molecule has 12 heavy (non-hydrogen) atoms. The van der Waals surface area contributed by atoms with E-state index in [0.717, 1.165) is 12.8 Å². The average Bonchev–Trinajstić information content (AvgIpc) is 2.06. The van der Waals surface area contributed by atoms with Gasteiger partial charge in [0.1, 0.15) is 0 Å². The minimum atomic E-state index is -2.82. The average molecular weight is 192 g/mol. The molecule has 0 radical (unpaired) electrons. The number of hydrogen-bond donors (Lipinski definition) is 0. The van der Waals surface area contributed by atoms with Gasteiger partial charge in [-0.2, -0.15) is 0 Å². The second-order valence-electron chi connectivity index (χ2n) is 3.23. The van der Waals surface area contributed by atoms with Crippen LogP contribution in [0.2, 0.25) is 0 Å². The molecule has 1 atom stereocenters. The van der Waals surface area contributed by atoms with Crippen LogP contribution in [0.15, 0.2) is 0 Å². The second kappa shape index (κ2) is 4.85. The molecule has 0 N–H and O–H groups in total. The zero-order valence-electron chi connectivity index (χ0n) is 8.50. The maximum absolute atomic E-state index is 11.5. The fourth-order valence-electron chi connectivity index (χ4n) is 1.51. The Hall–Kier alpha value is -0.0500. The predicted octanol–water partition coefficient (Wildman–Crippen LogP) is 2.25. The molecule has 0 spiro atoms. The molecule has 0 saturated carbocycles. The molecule has 74 valence electrons. The van der Waals surface area contributed by atoms with E-state index in [0.29, 0.717) is 5.92 Å². The van der Waals surface area contributed by atoms with E-state index in [2.05, 4.69) is 13.8 Å². The van der Waals surface area contributed by atoms with Gasteiger partial charge in [-0.1, -0.05) is 33.6 Å². The monoisotopic (exact) mass is 192 g/mol. The lowest BCUT2D eigenvalue weighted by Gasteiger charge is -2.20. The van der Waals surface area contributed by atoms with Gasteiger partial charge >= 0.3 is 0 Å². The number of rotatable bonds is 5. The smallest absolute Gasteiger partial charge is 0.152 e. The van der Waals surface area contributed by atoms with Crippen LogP contribution in [0, 0.1) is 5.92 Å². The van der Waals surface area contributed by atoms with Gasteiger partial charge in [0.2, 0.25) is 0 Å². The Bertz CT molecular complexity index is 203. The molecule has 0 aromatic rings. The fourth-order valence-corrected chi connectivity index (χ4v) is 3.01. The molecule has 0 aromatic carbocycles. The summed E-state index contributed by atoms with van der Waals surface area (Å²) in [6.45, 7) is 7.65. The second-order valence-corrected chi connectivity index (χ2v) is 5.88. The summed E-state index contributed by atoms with van der Waals surface area (Å²) in [4.78, 5) is 0. The first-order valence-corrected chi connectivity index (χ1v) is 6.42. The van der Waals surface area contributed by atoms with Crippen LogP contribution in [0.5, 0.6) is 0 Å². The van der Waals surface area contributed by atoms with Gasteiger partial charge in [-0.05, 0) is 12.8 Å². The van der Waals surface area contributed by atoms with Crippen LogP contribution in [-0.2, 0) is 9.84 Å². The predicted molar refractivity (Wildman–Crippen MR) is 53.0 cm³/mol. The molecule has 0 bridgehead atoms. The Kier molecular flexibility index (Phi) is 4.83. The highest BCUT2D eigenvalue weighted by Gasteiger charge is 2.25. The van der Waals surface area contributed by atoms with E-state index in [-0.39, 0.29) is 11.0 Å². The third-order valence-corrected chi connectivity index (χ3v) is 5.00. The molecule has 1 unspecified atom stereocenters. The van der Waals surface area contributed by atoms with Crippen molar-refractivity contribution in [1.82, 2.24) is 0 Å². The summed E-state index contributed by atoms with van der Waals surface area (Å²) in [7, 11) is -2.82. The van der Waals surface area contributed by atoms with E-state index in [1.807, 2.05) is 6.92 Å². The lowest BCUT2D eigenvalue weighted by atomic mass is 10.0. The molecule has 2 nitrogen and oxygen atoms in total. The van der Waals surface area contributed by atoms with Gasteiger partial charge in [0, 0.05) is 5.75 Å². The lowest BCUT2D eigenvalue weighted by Crippen LogP contribution is -2.27. The molecule has 3 heteroatoms. The van der Waals surface area contributed by atoms with Crippen molar-refractivity contribution in [2.45, 2.75) is 45.8 Å². The van der Waals surface area contributed by atoms with Crippen molar-refractivity contribution in [3.63, 3.8) is 0 Å². The van der Waals surface area contributed by atoms with E-state index < -0.39 is 9.84 Å². The van der Waals surface area contributed by atoms with E-state index in [1.165, 1.54) is 0 Å². The van der Waals surface area contributed by atoms with Gasteiger partial charge in [0.05, 0.1) is 5.25 Å². The van der Waals surface area contributed by atoms with Crippen molar-refractivity contribution in [3.05, 3.63) is 0 Å². The van der Waals surface area contributed by atoms with E-state index in [4.69, 9.17) is 0 Å². The zero-order valence-corrected chi connectivity index (χ0v) is 9.32. The Labute approximate surface area is 76.3 Å². The first-order valence-electron chi connectivity index (χ1n) is 4.71. The minimum Gasteiger partial charge on any atom is -0.229 e. The van der Waals surface area contributed by atoms with Gasteiger partial charge in [-0.15, -0.1) is 0 Å². The molecule has 0 aliphatic carbocycles. The van der Waals surface area contributed by atoms with Crippen LogP contribution in [-0.4, -0.2) is 19.4 Å². The van der Waals surface area contributed by atoms with Crippen LogP contribution in [0.3, 0.4) is 0 Å². The summed E-state index contributed by atoms with van der Waals surface area (Å²) in [5.74, 6) is 0.597. The van der Waals surface area contributed by atoms with Crippen molar-refractivity contribution >= 4 is 9.84 Å². The highest BCUT2D eigenvalue weighted by molar-refractivity contribution is 7.91. The van der Waals surface area contributed by atoms with Crippen LogP contribution in [0.4, 0.5) is 0 Å². The quantitative estimate of drug-likeness (QED) is 0.669. The van der Waals surface area contributed by atoms with Gasteiger partial charge < -0.3 is 0 Å². The molecule has 0 fully saturated rings. The molecule has 0 amide bonds. The highest BCUT2D eigenvalue weighted by Crippen LogP contribution is 2.19. The maximum Gasteiger partial charge on any atom is 0.152 e. The van der Waals surface area contributed by atoms with Crippen LogP contribution < -0.4 is 0 Å². The Morgan fingerprint density at radius 1 is 1.08 bits per heavy atom. The highest BCUT2D eigenvalue weighted by atomic mass is 32.2. The fraction of sp³-hybridized carbons (Fsp3) is 1.00. The molecule has 0 rings (SSSR count). The Morgan fingerprint density at radius 2 is 1.50 bits per heavy atom. The number of sulfone groups is 1. The summed E-state index contributed by atoms with van der Waals surface area (Å²) in [6.07, 6.45) is 1.91. The molecular weight excluding hydrogens is 172 g/mol. The third-order valence-electron chi connectivity index (χ3n) is 2.68. The van der Waals surface area contributed by atoms with E-state index >= 15 is 0 Å². The summed E-state index contributed by atoms with van der Waals surface area (Å²) in [5.41, 5.74) is 0.